The highest BCUT2D eigenvalue weighted by Gasteiger charge is 2.13. The Bertz CT molecular complexity index is 1110. The first-order valence-electron chi connectivity index (χ1n) is 11.8. The van der Waals surface area contributed by atoms with Crippen molar-refractivity contribution in [1.82, 2.24) is 14.9 Å². The number of rotatable bonds is 4. The van der Waals surface area contributed by atoms with Crippen molar-refractivity contribution in [2.24, 2.45) is 0 Å². The molecular formula is C26H30N4O3S. The number of hydrogen-bond donors (Lipinski definition) is 1. The number of ether oxygens (including phenoxy) is 3. The molecule has 2 aliphatic heterocycles. The number of fused-ring (bicyclic) bond motifs is 7. The van der Waals surface area contributed by atoms with Gasteiger partial charge in [-0.2, -0.15) is 0 Å². The third-order valence-corrected chi connectivity index (χ3v) is 6.93. The number of benzene rings is 1. The molecular weight excluding hydrogens is 448 g/mol. The van der Waals surface area contributed by atoms with Crippen molar-refractivity contribution in [2.75, 3.05) is 44.8 Å². The van der Waals surface area contributed by atoms with E-state index < -0.39 is 0 Å². The molecule has 1 N–H and O–H groups in total. The average Bonchev–Trinajstić information content (AvgIpc) is 3.54. The van der Waals surface area contributed by atoms with E-state index in [-0.39, 0.29) is 0 Å². The van der Waals surface area contributed by atoms with Gasteiger partial charge in [0.15, 0.2) is 0 Å². The van der Waals surface area contributed by atoms with Crippen LogP contribution >= 0.6 is 11.3 Å². The average molecular weight is 479 g/mol. The molecule has 1 fully saturated rings. The zero-order valence-corrected chi connectivity index (χ0v) is 20.1. The highest BCUT2D eigenvalue weighted by Crippen LogP contribution is 2.29. The topological polar surface area (TPSA) is 68.7 Å². The second-order valence-corrected chi connectivity index (χ2v) is 9.55. The zero-order chi connectivity index (χ0) is 23.0. The molecule has 3 aromatic rings. The van der Waals surface area contributed by atoms with Gasteiger partial charge in [-0.1, -0.05) is 12.2 Å². The van der Waals surface area contributed by atoms with Crippen molar-refractivity contribution < 1.29 is 14.2 Å². The fraction of sp³-hybridized carbons (Fsp3) is 0.385. The summed E-state index contributed by atoms with van der Waals surface area (Å²) in [5, 5.41) is 3.34. The fourth-order valence-corrected chi connectivity index (χ4v) is 5.00. The van der Waals surface area contributed by atoms with Crippen molar-refractivity contribution in [3.05, 3.63) is 65.2 Å². The molecule has 0 amide bonds. The van der Waals surface area contributed by atoms with Gasteiger partial charge in [-0.25, -0.2) is 9.97 Å². The lowest BCUT2D eigenvalue weighted by Gasteiger charge is -2.17. The van der Waals surface area contributed by atoms with Gasteiger partial charge >= 0.3 is 0 Å². The quantitative estimate of drug-likeness (QED) is 0.528. The summed E-state index contributed by atoms with van der Waals surface area (Å²) in [7, 11) is 0. The number of nitrogens with one attached hydrogen (secondary N) is 1. The smallest absolute Gasteiger partial charge is 0.227 e. The summed E-state index contributed by atoms with van der Waals surface area (Å²) < 4.78 is 17.8. The van der Waals surface area contributed by atoms with Crippen molar-refractivity contribution in [1.29, 1.82) is 0 Å². The summed E-state index contributed by atoms with van der Waals surface area (Å²) >= 11 is 1.69. The number of anilines is 2. The van der Waals surface area contributed by atoms with E-state index in [1.54, 1.807) is 17.5 Å². The van der Waals surface area contributed by atoms with Crippen molar-refractivity contribution in [3.8, 4) is 16.3 Å². The maximum absolute atomic E-state index is 6.16. The van der Waals surface area contributed by atoms with Gasteiger partial charge in [0.25, 0.3) is 0 Å². The third kappa shape index (κ3) is 6.21. The van der Waals surface area contributed by atoms with E-state index in [4.69, 9.17) is 19.2 Å². The Labute approximate surface area is 204 Å². The first kappa shape index (κ1) is 23.0. The molecule has 0 aliphatic carbocycles. The third-order valence-electron chi connectivity index (χ3n) is 5.85. The van der Waals surface area contributed by atoms with Gasteiger partial charge in [0.1, 0.15) is 12.4 Å². The molecule has 2 aromatic heterocycles. The van der Waals surface area contributed by atoms with Gasteiger partial charge in [0.2, 0.25) is 5.95 Å². The standard InChI is InChI=1S/C26H30N4O3S/c1-2-12-30(11-1)13-16-33-24-7-5-21-17-20(24)18-31-14-3-4-15-32-19-22-6-8-25(34-22)23-9-10-27-26(28-21)29-23/h3-10,17H,1-2,11-16,18-19H2,(H,27,28,29)/b4-3+. The summed E-state index contributed by atoms with van der Waals surface area (Å²) in [4.78, 5) is 13.8. The minimum Gasteiger partial charge on any atom is -0.492 e. The maximum Gasteiger partial charge on any atom is 0.227 e. The molecule has 4 heterocycles. The van der Waals surface area contributed by atoms with E-state index in [1.807, 2.05) is 30.4 Å². The summed E-state index contributed by atoms with van der Waals surface area (Å²) in [5.41, 5.74) is 2.79. The van der Waals surface area contributed by atoms with Crippen LogP contribution in [0.3, 0.4) is 0 Å². The molecule has 0 atom stereocenters. The highest BCUT2D eigenvalue weighted by atomic mass is 32.1. The van der Waals surface area contributed by atoms with E-state index in [0.29, 0.717) is 39.0 Å². The Morgan fingerprint density at radius 1 is 1.00 bits per heavy atom. The highest BCUT2D eigenvalue weighted by molar-refractivity contribution is 7.15. The van der Waals surface area contributed by atoms with E-state index >= 15 is 0 Å². The van der Waals surface area contributed by atoms with Crippen LogP contribution in [0.25, 0.3) is 10.6 Å². The van der Waals surface area contributed by atoms with Gasteiger partial charge in [-0.15, -0.1) is 11.3 Å². The lowest BCUT2D eigenvalue weighted by atomic mass is 10.2. The molecule has 8 heteroatoms. The van der Waals surface area contributed by atoms with Gasteiger partial charge in [-0.05, 0) is 62.3 Å². The van der Waals surface area contributed by atoms with Crippen molar-refractivity contribution >= 4 is 23.0 Å². The van der Waals surface area contributed by atoms with E-state index in [1.165, 1.54) is 30.8 Å². The minimum absolute atomic E-state index is 0.455. The summed E-state index contributed by atoms with van der Waals surface area (Å²) in [6, 6.07) is 12.2. The van der Waals surface area contributed by atoms with Gasteiger partial charge in [-0.3, -0.25) is 4.90 Å². The Morgan fingerprint density at radius 2 is 1.85 bits per heavy atom. The molecule has 0 unspecified atom stereocenters. The van der Waals surface area contributed by atoms with E-state index in [2.05, 4.69) is 33.4 Å². The molecule has 178 valence electrons. The van der Waals surface area contributed by atoms with Crippen LogP contribution < -0.4 is 10.1 Å². The predicted octanol–water partition coefficient (Wildman–Crippen LogP) is 5.03. The molecule has 0 spiro atoms. The largest absolute Gasteiger partial charge is 0.492 e. The van der Waals surface area contributed by atoms with Crippen LogP contribution in [-0.2, 0) is 22.7 Å². The monoisotopic (exact) mass is 478 g/mol. The molecule has 1 aromatic carbocycles. The molecule has 5 rings (SSSR count). The zero-order valence-electron chi connectivity index (χ0n) is 19.2. The summed E-state index contributed by atoms with van der Waals surface area (Å²) in [5.74, 6) is 1.41. The van der Waals surface area contributed by atoms with Crippen molar-refractivity contribution in [3.63, 3.8) is 0 Å². The number of hydrogen-bond acceptors (Lipinski definition) is 8. The second-order valence-electron chi connectivity index (χ2n) is 8.38. The Balaban J connectivity index is 1.35. The molecule has 6 bridgehead atoms. The van der Waals surface area contributed by atoms with Crippen LogP contribution in [0, 0.1) is 0 Å². The number of thiophene rings is 1. The van der Waals surface area contributed by atoms with Crippen LogP contribution in [0.5, 0.6) is 5.75 Å². The normalized spacial score (nSPS) is 18.0. The van der Waals surface area contributed by atoms with Gasteiger partial charge < -0.3 is 19.5 Å². The summed E-state index contributed by atoms with van der Waals surface area (Å²) in [6.07, 6.45) is 8.35. The molecule has 34 heavy (non-hydrogen) atoms. The molecule has 2 aliphatic rings. The van der Waals surface area contributed by atoms with Crippen molar-refractivity contribution in [2.45, 2.75) is 26.1 Å². The fourth-order valence-electron chi connectivity index (χ4n) is 4.08. The van der Waals surface area contributed by atoms with E-state index in [9.17, 15) is 0 Å². The second kappa shape index (κ2) is 11.6. The molecule has 7 nitrogen and oxygen atoms in total. The Kier molecular flexibility index (Phi) is 7.82. The number of nitrogens with zero attached hydrogens (tertiary/aromatic N) is 3. The van der Waals surface area contributed by atoms with Crippen LogP contribution in [0.15, 0.2) is 54.7 Å². The molecule has 1 saturated heterocycles. The number of likely N-dealkylation sites (tertiary alicyclic amines) is 1. The van der Waals surface area contributed by atoms with Crippen LogP contribution in [-0.4, -0.2) is 54.3 Å². The lowest BCUT2D eigenvalue weighted by Crippen LogP contribution is -2.25. The maximum atomic E-state index is 6.16. The first-order valence-corrected chi connectivity index (χ1v) is 12.6. The molecule has 0 saturated carbocycles. The van der Waals surface area contributed by atoms with Gasteiger partial charge in [0.05, 0.1) is 37.0 Å². The summed E-state index contributed by atoms with van der Waals surface area (Å²) in [6.45, 7) is 6.07. The molecule has 0 radical (unpaired) electrons. The first-order chi connectivity index (χ1) is 16.8. The minimum atomic E-state index is 0.455. The number of aromatic nitrogens is 2. The van der Waals surface area contributed by atoms with E-state index in [0.717, 1.165) is 34.1 Å². The van der Waals surface area contributed by atoms with Crippen LogP contribution in [0.4, 0.5) is 11.6 Å². The lowest BCUT2D eigenvalue weighted by molar-refractivity contribution is 0.139. The van der Waals surface area contributed by atoms with Gasteiger partial charge in [0, 0.05) is 28.9 Å². The SMILES string of the molecule is C1=C/COCc2cc(ccc2OCCN2CCCC2)Nc2nccc(n2)-c2ccc(s2)COC/1. The van der Waals surface area contributed by atoms with Crippen LogP contribution in [0.2, 0.25) is 0 Å². The Hall–Kier alpha value is -2.78. The predicted molar refractivity (Wildman–Crippen MR) is 135 cm³/mol. The Morgan fingerprint density at radius 3 is 2.74 bits per heavy atom. The van der Waals surface area contributed by atoms with Crippen LogP contribution in [0.1, 0.15) is 23.3 Å².